The summed E-state index contributed by atoms with van der Waals surface area (Å²) in [5.74, 6) is 4.86. The molecule has 0 aliphatic rings. The van der Waals surface area contributed by atoms with Gasteiger partial charge in [-0.2, -0.15) is 0 Å². The van der Waals surface area contributed by atoms with Gasteiger partial charge in [-0.15, -0.1) is 11.3 Å². The van der Waals surface area contributed by atoms with Crippen LogP contribution < -0.4 is 0 Å². The molecule has 0 fully saturated rings. The largest absolute Gasteiger partial charge is 0.297 e. The molecule has 0 aliphatic carbocycles. The van der Waals surface area contributed by atoms with Crippen molar-refractivity contribution in [3.8, 4) is 11.8 Å². The second-order valence-corrected chi connectivity index (χ2v) is 2.82. The van der Waals surface area contributed by atoms with Gasteiger partial charge in [-0.05, 0) is 24.0 Å². The quantitative estimate of drug-likeness (QED) is 0.460. The zero-order valence-corrected chi connectivity index (χ0v) is 6.35. The van der Waals surface area contributed by atoms with E-state index in [4.69, 9.17) is 0 Å². The first kappa shape index (κ1) is 7.70. The Bertz CT molecular complexity index is 327. The van der Waals surface area contributed by atoms with Crippen molar-refractivity contribution in [1.29, 1.82) is 0 Å². The van der Waals surface area contributed by atoms with Gasteiger partial charge in [0.05, 0.1) is 9.75 Å². The molecule has 11 heavy (non-hydrogen) atoms. The maximum Gasteiger partial charge on any atom is 0.193 e. The fraction of sp³-hybridized carbons (Fsp3) is 0. The average Bonchev–Trinajstić information content (AvgIpc) is 2.48. The first-order valence-corrected chi connectivity index (χ1v) is 3.68. The molecular formula is C8H4O2S. The average molecular weight is 164 g/mol. The molecule has 3 heteroatoms. The van der Waals surface area contributed by atoms with E-state index in [2.05, 4.69) is 11.8 Å². The van der Waals surface area contributed by atoms with Gasteiger partial charge in [-0.3, -0.25) is 9.59 Å². The molecule has 0 atom stereocenters. The van der Waals surface area contributed by atoms with E-state index >= 15 is 0 Å². The van der Waals surface area contributed by atoms with E-state index in [-0.39, 0.29) is 0 Å². The number of hydrogen-bond donors (Lipinski definition) is 0. The predicted octanol–water partition coefficient (Wildman–Crippen LogP) is 1.11. The van der Waals surface area contributed by atoms with E-state index in [1.807, 2.05) is 0 Å². The Morgan fingerprint density at radius 1 is 1.36 bits per heavy atom. The maximum absolute atomic E-state index is 10.2. The maximum atomic E-state index is 10.2. The first-order valence-electron chi connectivity index (χ1n) is 2.87. The molecule has 0 N–H and O–H groups in total. The SMILES string of the molecule is O=CC#Cc1ccc(C=O)s1. The lowest BCUT2D eigenvalue weighted by Gasteiger charge is -1.72. The molecule has 1 aromatic heterocycles. The van der Waals surface area contributed by atoms with Crippen LogP contribution in [0.5, 0.6) is 0 Å². The number of thiophene rings is 1. The highest BCUT2D eigenvalue weighted by atomic mass is 32.1. The van der Waals surface area contributed by atoms with Gasteiger partial charge >= 0.3 is 0 Å². The van der Waals surface area contributed by atoms with E-state index in [1.165, 1.54) is 11.3 Å². The van der Waals surface area contributed by atoms with Gasteiger partial charge in [-0.25, -0.2) is 0 Å². The Morgan fingerprint density at radius 2 is 2.18 bits per heavy atom. The fourth-order valence-corrected chi connectivity index (χ4v) is 1.27. The van der Waals surface area contributed by atoms with Crippen LogP contribution in [-0.4, -0.2) is 12.6 Å². The smallest absolute Gasteiger partial charge is 0.193 e. The van der Waals surface area contributed by atoms with Crippen LogP contribution in [0.3, 0.4) is 0 Å². The second kappa shape index (κ2) is 3.69. The Labute approximate surface area is 67.9 Å². The summed E-state index contributed by atoms with van der Waals surface area (Å²) >= 11 is 1.27. The summed E-state index contributed by atoms with van der Waals surface area (Å²) in [4.78, 5) is 21.4. The topological polar surface area (TPSA) is 34.1 Å². The summed E-state index contributed by atoms with van der Waals surface area (Å²) in [7, 11) is 0. The zero-order valence-electron chi connectivity index (χ0n) is 5.53. The summed E-state index contributed by atoms with van der Waals surface area (Å²) in [5.41, 5.74) is 0. The van der Waals surface area contributed by atoms with Crippen LogP contribution in [0.15, 0.2) is 12.1 Å². The van der Waals surface area contributed by atoms with Crippen molar-refractivity contribution in [3.63, 3.8) is 0 Å². The van der Waals surface area contributed by atoms with Gasteiger partial charge in [0.15, 0.2) is 12.6 Å². The third kappa shape index (κ3) is 2.03. The summed E-state index contributed by atoms with van der Waals surface area (Å²) in [6.07, 6.45) is 1.29. The molecule has 0 saturated heterocycles. The lowest BCUT2D eigenvalue weighted by atomic mass is 10.4. The Morgan fingerprint density at radius 3 is 2.73 bits per heavy atom. The molecule has 0 radical (unpaired) electrons. The van der Waals surface area contributed by atoms with Crippen LogP contribution in [0.4, 0.5) is 0 Å². The van der Waals surface area contributed by atoms with Crippen molar-refractivity contribution < 1.29 is 9.59 Å². The molecule has 0 aliphatic heterocycles. The van der Waals surface area contributed by atoms with Crippen LogP contribution in [0, 0.1) is 11.8 Å². The van der Waals surface area contributed by atoms with Gasteiger partial charge < -0.3 is 0 Å². The lowest BCUT2D eigenvalue weighted by molar-refractivity contribution is -0.103. The highest BCUT2D eigenvalue weighted by Gasteiger charge is 1.93. The minimum absolute atomic E-state index is 0.528. The molecule has 0 aromatic carbocycles. The summed E-state index contributed by atoms with van der Waals surface area (Å²) < 4.78 is 0. The highest BCUT2D eigenvalue weighted by Crippen LogP contribution is 2.12. The van der Waals surface area contributed by atoms with Gasteiger partial charge in [0.25, 0.3) is 0 Å². The van der Waals surface area contributed by atoms with Gasteiger partial charge in [0.1, 0.15) is 0 Å². The third-order valence-corrected chi connectivity index (χ3v) is 1.92. The van der Waals surface area contributed by atoms with E-state index in [9.17, 15) is 9.59 Å². The minimum Gasteiger partial charge on any atom is -0.297 e. The van der Waals surface area contributed by atoms with E-state index < -0.39 is 0 Å². The van der Waals surface area contributed by atoms with Gasteiger partial charge in [0, 0.05) is 0 Å². The van der Waals surface area contributed by atoms with E-state index in [0.717, 1.165) is 11.2 Å². The van der Waals surface area contributed by atoms with Crippen molar-refractivity contribution in [2.24, 2.45) is 0 Å². The standard InChI is InChI=1S/C8H4O2S/c9-5-1-2-7-3-4-8(6-10)11-7/h3-6H. The zero-order chi connectivity index (χ0) is 8.10. The van der Waals surface area contributed by atoms with Crippen LogP contribution in [0.1, 0.15) is 14.5 Å². The summed E-state index contributed by atoms with van der Waals surface area (Å²) in [5, 5.41) is 0. The fourth-order valence-electron chi connectivity index (χ4n) is 0.584. The molecule has 0 spiro atoms. The number of rotatable bonds is 1. The van der Waals surface area contributed by atoms with Crippen molar-refractivity contribution in [1.82, 2.24) is 0 Å². The van der Waals surface area contributed by atoms with Crippen LogP contribution in [0.2, 0.25) is 0 Å². The molecule has 0 amide bonds. The number of carbonyl (C=O) groups excluding carboxylic acids is 2. The van der Waals surface area contributed by atoms with Crippen LogP contribution >= 0.6 is 11.3 Å². The Balaban J connectivity index is 2.88. The minimum atomic E-state index is 0.528. The number of hydrogen-bond acceptors (Lipinski definition) is 3. The summed E-state index contributed by atoms with van der Waals surface area (Å²) in [6, 6.07) is 3.39. The predicted molar refractivity (Wildman–Crippen MR) is 42.6 cm³/mol. The van der Waals surface area contributed by atoms with Crippen molar-refractivity contribution in [3.05, 3.63) is 21.9 Å². The van der Waals surface area contributed by atoms with Crippen molar-refractivity contribution in [2.45, 2.75) is 0 Å². The van der Waals surface area contributed by atoms with Crippen LogP contribution in [-0.2, 0) is 4.79 Å². The van der Waals surface area contributed by atoms with E-state index in [0.29, 0.717) is 11.2 Å². The molecular weight excluding hydrogens is 160 g/mol. The lowest BCUT2D eigenvalue weighted by Crippen LogP contribution is -1.63. The van der Waals surface area contributed by atoms with E-state index in [1.54, 1.807) is 12.1 Å². The molecule has 54 valence electrons. The molecule has 0 unspecified atom stereocenters. The second-order valence-electron chi connectivity index (χ2n) is 1.71. The Kier molecular flexibility index (Phi) is 2.59. The van der Waals surface area contributed by atoms with Crippen molar-refractivity contribution in [2.75, 3.05) is 0 Å². The molecule has 0 bridgehead atoms. The molecule has 1 aromatic rings. The van der Waals surface area contributed by atoms with Gasteiger partial charge in [0.2, 0.25) is 0 Å². The number of carbonyl (C=O) groups is 2. The van der Waals surface area contributed by atoms with Crippen molar-refractivity contribution >= 4 is 23.9 Å². The first-order chi connectivity index (χ1) is 5.36. The normalized spacial score (nSPS) is 8.00. The Hall–Kier alpha value is -1.40. The monoisotopic (exact) mass is 164 g/mol. The van der Waals surface area contributed by atoms with Gasteiger partial charge in [-0.1, -0.05) is 0 Å². The highest BCUT2D eigenvalue weighted by molar-refractivity contribution is 7.14. The molecule has 1 heterocycles. The molecule has 0 saturated carbocycles. The van der Waals surface area contributed by atoms with Crippen LogP contribution in [0.25, 0.3) is 0 Å². The third-order valence-electron chi connectivity index (χ3n) is 0.997. The molecule has 1 rings (SSSR count). The number of aldehydes is 2. The molecule has 2 nitrogen and oxygen atoms in total. The summed E-state index contributed by atoms with van der Waals surface area (Å²) in [6.45, 7) is 0.